The van der Waals surface area contributed by atoms with Gasteiger partial charge in [-0.3, -0.25) is 14.3 Å². The molecule has 0 unspecified atom stereocenters. The van der Waals surface area contributed by atoms with Crippen LogP contribution >= 0.6 is 0 Å². The molecule has 21 heavy (non-hydrogen) atoms. The molecule has 1 aliphatic heterocycles. The van der Waals surface area contributed by atoms with Crippen molar-refractivity contribution in [3.05, 3.63) is 59.6 Å². The molecule has 0 amide bonds. The lowest BCUT2D eigenvalue weighted by Crippen LogP contribution is -2.17. The van der Waals surface area contributed by atoms with Gasteiger partial charge in [0, 0.05) is 38.1 Å². The van der Waals surface area contributed by atoms with E-state index in [0.29, 0.717) is 0 Å². The van der Waals surface area contributed by atoms with Crippen molar-refractivity contribution >= 4 is 0 Å². The number of hydrogen-bond donors (Lipinski definition) is 0. The van der Waals surface area contributed by atoms with Crippen LogP contribution in [0.4, 0.5) is 0 Å². The Kier molecular flexibility index (Phi) is 2.89. The fraction of sp³-hybridized carbons (Fsp3) is 0.333. The minimum absolute atomic E-state index is 0.727. The molecule has 0 atom stereocenters. The number of aryl methyl sites for hydroxylation is 1. The normalized spacial score (nSPS) is 14.7. The fourth-order valence-corrected chi connectivity index (χ4v) is 2.94. The van der Waals surface area contributed by atoms with Gasteiger partial charge in [-0.1, -0.05) is 0 Å². The molecule has 4 heterocycles. The smallest absolute Gasteiger partial charge is 0.117 e. The molecular formula is C15H17N5O. The summed E-state index contributed by atoms with van der Waals surface area (Å²) in [4.78, 5) is 2.37. The van der Waals surface area contributed by atoms with Crippen LogP contribution in [0, 0.1) is 0 Å². The van der Waals surface area contributed by atoms with E-state index in [1.807, 2.05) is 40.8 Å². The van der Waals surface area contributed by atoms with E-state index in [1.54, 1.807) is 12.5 Å². The van der Waals surface area contributed by atoms with Gasteiger partial charge in [-0.25, -0.2) is 0 Å². The van der Waals surface area contributed by atoms with Crippen LogP contribution in [0.1, 0.15) is 22.7 Å². The Balaban J connectivity index is 1.55. The summed E-state index contributed by atoms with van der Waals surface area (Å²) in [5, 5.41) is 8.91. The molecule has 0 aromatic carbocycles. The minimum atomic E-state index is 0.727. The maximum atomic E-state index is 5.44. The summed E-state index contributed by atoms with van der Waals surface area (Å²) in [5.41, 5.74) is 3.74. The zero-order valence-electron chi connectivity index (χ0n) is 11.9. The predicted molar refractivity (Wildman–Crippen MR) is 76.2 cm³/mol. The van der Waals surface area contributed by atoms with Gasteiger partial charge in [-0.15, -0.1) is 0 Å². The standard InChI is InChI=1S/C15H17N5O/c1-18-15-11-19(8-12-4-2-7-21-12)9-13(15)14(17-18)10-20-6-3-5-16-20/h2-7H,8-11H2,1H3. The first-order valence-electron chi connectivity index (χ1n) is 7.05. The van der Waals surface area contributed by atoms with E-state index < -0.39 is 0 Å². The van der Waals surface area contributed by atoms with Crippen LogP contribution in [0.15, 0.2) is 41.3 Å². The highest BCUT2D eigenvalue weighted by Gasteiger charge is 2.27. The molecule has 3 aromatic heterocycles. The molecule has 0 radical (unpaired) electrons. The highest BCUT2D eigenvalue weighted by molar-refractivity contribution is 5.30. The van der Waals surface area contributed by atoms with Crippen molar-refractivity contribution < 1.29 is 4.42 Å². The van der Waals surface area contributed by atoms with Crippen molar-refractivity contribution in [3.8, 4) is 0 Å². The minimum Gasteiger partial charge on any atom is -0.468 e. The predicted octanol–water partition coefficient (Wildman–Crippen LogP) is 1.77. The average Bonchev–Trinajstić information content (AvgIpc) is 3.20. The van der Waals surface area contributed by atoms with Crippen LogP contribution in [-0.2, 0) is 33.2 Å². The molecule has 0 bridgehead atoms. The second kappa shape index (κ2) is 4.89. The van der Waals surface area contributed by atoms with Crippen LogP contribution in [-0.4, -0.2) is 24.5 Å². The first kappa shape index (κ1) is 12.4. The van der Waals surface area contributed by atoms with Gasteiger partial charge in [0.25, 0.3) is 0 Å². The molecular weight excluding hydrogens is 266 g/mol. The number of furan rings is 1. The van der Waals surface area contributed by atoms with Crippen molar-refractivity contribution in [1.29, 1.82) is 0 Å². The Morgan fingerprint density at radius 1 is 1.24 bits per heavy atom. The molecule has 6 nitrogen and oxygen atoms in total. The topological polar surface area (TPSA) is 52.0 Å². The van der Waals surface area contributed by atoms with E-state index in [-0.39, 0.29) is 0 Å². The van der Waals surface area contributed by atoms with Gasteiger partial charge in [0.2, 0.25) is 0 Å². The third-order valence-electron chi connectivity index (χ3n) is 3.94. The quantitative estimate of drug-likeness (QED) is 0.732. The van der Waals surface area contributed by atoms with E-state index in [0.717, 1.165) is 37.6 Å². The molecule has 108 valence electrons. The van der Waals surface area contributed by atoms with Gasteiger partial charge in [-0.05, 0) is 18.2 Å². The van der Waals surface area contributed by atoms with Crippen LogP contribution < -0.4 is 0 Å². The maximum Gasteiger partial charge on any atom is 0.117 e. The van der Waals surface area contributed by atoms with Crippen LogP contribution in [0.5, 0.6) is 0 Å². The van der Waals surface area contributed by atoms with E-state index in [4.69, 9.17) is 4.42 Å². The molecule has 6 heteroatoms. The number of hydrogen-bond acceptors (Lipinski definition) is 4. The molecule has 0 fully saturated rings. The van der Waals surface area contributed by atoms with Crippen LogP contribution in [0.3, 0.4) is 0 Å². The first-order chi connectivity index (χ1) is 10.3. The summed E-state index contributed by atoms with van der Waals surface area (Å²) in [5.74, 6) is 1.00. The van der Waals surface area contributed by atoms with E-state index >= 15 is 0 Å². The van der Waals surface area contributed by atoms with Gasteiger partial charge >= 0.3 is 0 Å². The van der Waals surface area contributed by atoms with Crippen molar-refractivity contribution in [2.24, 2.45) is 7.05 Å². The number of fused-ring (bicyclic) bond motifs is 1. The van der Waals surface area contributed by atoms with Gasteiger partial charge in [0.15, 0.2) is 0 Å². The van der Waals surface area contributed by atoms with Gasteiger partial charge in [-0.2, -0.15) is 10.2 Å². The van der Waals surface area contributed by atoms with Crippen molar-refractivity contribution in [3.63, 3.8) is 0 Å². The summed E-state index contributed by atoms with van der Waals surface area (Å²) in [6, 6.07) is 5.89. The Labute approximate surface area is 122 Å². The molecule has 4 rings (SSSR count). The molecule has 1 aliphatic rings. The fourth-order valence-electron chi connectivity index (χ4n) is 2.94. The Morgan fingerprint density at radius 2 is 2.19 bits per heavy atom. The lowest BCUT2D eigenvalue weighted by atomic mass is 10.2. The summed E-state index contributed by atoms with van der Waals surface area (Å²) >= 11 is 0. The Morgan fingerprint density at radius 3 is 2.95 bits per heavy atom. The zero-order chi connectivity index (χ0) is 14.2. The largest absolute Gasteiger partial charge is 0.468 e. The molecule has 0 N–H and O–H groups in total. The highest BCUT2D eigenvalue weighted by Crippen LogP contribution is 2.27. The third kappa shape index (κ3) is 2.27. The molecule has 0 saturated heterocycles. The number of aromatic nitrogens is 4. The van der Waals surface area contributed by atoms with Crippen molar-refractivity contribution in [2.45, 2.75) is 26.2 Å². The van der Waals surface area contributed by atoms with Crippen LogP contribution in [0.25, 0.3) is 0 Å². The third-order valence-corrected chi connectivity index (χ3v) is 3.94. The second-order valence-electron chi connectivity index (χ2n) is 5.42. The maximum absolute atomic E-state index is 5.44. The lowest BCUT2D eigenvalue weighted by molar-refractivity contribution is 0.245. The summed E-state index contributed by atoms with van der Waals surface area (Å²) in [6.07, 6.45) is 5.49. The van der Waals surface area contributed by atoms with Gasteiger partial charge in [0.1, 0.15) is 5.76 Å². The van der Waals surface area contributed by atoms with E-state index in [2.05, 4.69) is 15.1 Å². The van der Waals surface area contributed by atoms with Crippen LogP contribution in [0.2, 0.25) is 0 Å². The van der Waals surface area contributed by atoms with E-state index in [1.165, 1.54) is 11.3 Å². The average molecular weight is 283 g/mol. The van der Waals surface area contributed by atoms with Gasteiger partial charge in [0.05, 0.1) is 30.7 Å². The summed E-state index contributed by atoms with van der Waals surface area (Å²) in [6.45, 7) is 3.40. The Bertz CT molecular complexity index is 727. The molecule has 3 aromatic rings. The second-order valence-corrected chi connectivity index (χ2v) is 5.42. The summed E-state index contributed by atoms with van der Waals surface area (Å²) in [7, 11) is 2.02. The Hall–Kier alpha value is -2.34. The van der Waals surface area contributed by atoms with Crippen molar-refractivity contribution in [1.82, 2.24) is 24.5 Å². The number of nitrogens with zero attached hydrogens (tertiary/aromatic N) is 5. The highest BCUT2D eigenvalue weighted by atomic mass is 16.3. The SMILES string of the molecule is Cn1nc(Cn2cccn2)c2c1CN(Cc1ccco1)C2. The monoisotopic (exact) mass is 283 g/mol. The summed E-state index contributed by atoms with van der Waals surface area (Å²) < 4.78 is 9.35. The zero-order valence-corrected chi connectivity index (χ0v) is 11.9. The first-order valence-corrected chi connectivity index (χ1v) is 7.05. The lowest BCUT2D eigenvalue weighted by Gasteiger charge is -2.13. The van der Waals surface area contributed by atoms with Gasteiger partial charge < -0.3 is 4.42 Å². The number of rotatable bonds is 4. The molecule has 0 saturated carbocycles. The van der Waals surface area contributed by atoms with Crippen molar-refractivity contribution in [2.75, 3.05) is 0 Å². The molecule has 0 spiro atoms. The molecule has 0 aliphatic carbocycles. The van der Waals surface area contributed by atoms with E-state index in [9.17, 15) is 0 Å².